The van der Waals surface area contributed by atoms with Crippen LogP contribution in [-0.2, 0) is 0 Å². The normalized spacial score (nSPS) is 11.9. The lowest BCUT2D eigenvalue weighted by molar-refractivity contribution is 1.07. The molecule has 0 aliphatic heterocycles. The van der Waals surface area contributed by atoms with Crippen molar-refractivity contribution in [3.63, 3.8) is 0 Å². The maximum absolute atomic E-state index is 4.98. The van der Waals surface area contributed by atoms with E-state index in [4.69, 9.17) is 15.0 Å². The lowest BCUT2D eigenvalue weighted by atomic mass is 10.0. The van der Waals surface area contributed by atoms with Gasteiger partial charge in [-0.2, -0.15) is 0 Å². The lowest BCUT2D eigenvalue weighted by Gasteiger charge is -2.17. The van der Waals surface area contributed by atoms with Crippen molar-refractivity contribution in [1.29, 1.82) is 0 Å². The summed E-state index contributed by atoms with van der Waals surface area (Å²) in [5, 5.41) is 6.42. The molecule has 6 heteroatoms. The Labute approximate surface area is 349 Å². The van der Waals surface area contributed by atoms with Crippen LogP contribution in [0.2, 0.25) is 19.6 Å². The summed E-state index contributed by atoms with van der Waals surface area (Å²) in [5.41, 5.74) is 12.2. The summed E-state index contributed by atoms with van der Waals surface area (Å²) in [4.78, 5) is 14.9. The van der Waals surface area contributed by atoms with Gasteiger partial charge in [0.25, 0.3) is 0 Å². The fourth-order valence-corrected chi connectivity index (χ4v) is 9.83. The van der Waals surface area contributed by atoms with Crippen LogP contribution in [0, 0.1) is 0 Å². The maximum Gasteiger partial charge on any atom is 0.164 e. The average Bonchev–Trinajstić information content (AvgIpc) is 3.81. The third-order valence-electron chi connectivity index (χ3n) is 11.8. The molecule has 5 nitrogen and oxygen atoms in total. The van der Waals surface area contributed by atoms with E-state index in [1.807, 2.05) is 60.7 Å². The van der Waals surface area contributed by atoms with Crippen LogP contribution < -0.4 is 5.19 Å². The van der Waals surface area contributed by atoms with Crippen molar-refractivity contribution >= 4 is 56.9 Å². The van der Waals surface area contributed by atoms with Crippen LogP contribution in [0.4, 0.5) is 0 Å². The molecule has 60 heavy (non-hydrogen) atoms. The van der Waals surface area contributed by atoms with E-state index >= 15 is 0 Å². The second kappa shape index (κ2) is 14.2. The van der Waals surface area contributed by atoms with Crippen molar-refractivity contribution in [2.24, 2.45) is 0 Å². The van der Waals surface area contributed by atoms with E-state index in [0.29, 0.717) is 17.5 Å². The van der Waals surface area contributed by atoms with Crippen LogP contribution in [0.3, 0.4) is 0 Å². The highest BCUT2D eigenvalue weighted by atomic mass is 28.3. The van der Waals surface area contributed by atoms with Crippen LogP contribution >= 0.6 is 0 Å². The predicted molar refractivity (Wildman–Crippen MR) is 253 cm³/mol. The van der Waals surface area contributed by atoms with E-state index in [1.54, 1.807) is 0 Å². The number of rotatable bonds is 7. The molecule has 0 bridgehead atoms. The molecule has 0 aliphatic carbocycles. The Morgan fingerprint density at radius 3 is 1.10 bits per heavy atom. The monoisotopic (exact) mass is 787 g/mol. The number of fused-ring (bicyclic) bond motifs is 6. The van der Waals surface area contributed by atoms with Crippen molar-refractivity contribution in [3.8, 4) is 56.7 Å². The molecular weight excluding hydrogens is 747 g/mol. The van der Waals surface area contributed by atoms with Crippen molar-refractivity contribution in [3.05, 3.63) is 194 Å². The van der Waals surface area contributed by atoms with E-state index in [-0.39, 0.29) is 0 Å². The highest BCUT2D eigenvalue weighted by Gasteiger charge is 2.19. The molecule has 0 fully saturated rings. The standard InChI is InChI=1S/C54H41N5Si/c1-60(2,3)43-30-28-42(29-31-43)59-49-21-13-11-19-45(49)47-33-25-40(35-51(47)59)39-24-32-46-44-18-10-12-20-48(44)58(50(46)34-39)41-26-22-38(23-27-41)54-56-52(36-14-6-4-7-15-36)55-53(57-54)37-16-8-5-9-17-37/h4-35H,1-3H3. The van der Waals surface area contributed by atoms with E-state index in [1.165, 1.54) is 54.6 Å². The molecule has 0 saturated heterocycles. The molecule has 0 radical (unpaired) electrons. The van der Waals surface area contributed by atoms with Crippen molar-refractivity contribution in [2.75, 3.05) is 0 Å². The van der Waals surface area contributed by atoms with Gasteiger partial charge in [-0.1, -0.05) is 158 Å². The molecule has 11 rings (SSSR count). The zero-order valence-corrected chi connectivity index (χ0v) is 34.7. The Balaban J connectivity index is 1.03. The first-order valence-electron chi connectivity index (χ1n) is 20.5. The first-order chi connectivity index (χ1) is 29.4. The number of aromatic nitrogens is 5. The molecule has 0 aliphatic rings. The third kappa shape index (κ3) is 6.12. The van der Waals surface area contributed by atoms with Crippen LogP contribution in [-0.4, -0.2) is 32.2 Å². The zero-order valence-electron chi connectivity index (χ0n) is 33.7. The molecule has 0 saturated carbocycles. The van der Waals surface area contributed by atoms with Gasteiger partial charge in [-0.25, -0.2) is 15.0 Å². The van der Waals surface area contributed by atoms with Gasteiger partial charge in [0.05, 0.1) is 30.1 Å². The van der Waals surface area contributed by atoms with Gasteiger partial charge < -0.3 is 9.13 Å². The molecule has 11 aromatic rings. The van der Waals surface area contributed by atoms with Gasteiger partial charge in [-0.15, -0.1) is 0 Å². The van der Waals surface area contributed by atoms with Crippen LogP contribution in [0.15, 0.2) is 194 Å². The Kier molecular flexibility index (Phi) is 8.43. The fourth-order valence-electron chi connectivity index (χ4n) is 8.66. The smallest absolute Gasteiger partial charge is 0.164 e. The van der Waals surface area contributed by atoms with Gasteiger partial charge in [-0.05, 0) is 71.8 Å². The molecule has 8 aromatic carbocycles. The number of para-hydroxylation sites is 2. The molecule has 0 amide bonds. The van der Waals surface area contributed by atoms with Crippen molar-refractivity contribution < 1.29 is 0 Å². The molecule has 0 unspecified atom stereocenters. The maximum atomic E-state index is 4.98. The van der Waals surface area contributed by atoms with Gasteiger partial charge in [0.1, 0.15) is 0 Å². The summed E-state index contributed by atoms with van der Waals surface area (Å²) in [6.45, 7) is 7.21. The van der Waals surface area contributed by atoms with Gasteiger partial charge in [0.15, 0.2) is 17.5 Å². The summed E-state index contributed by atoms with van der Waals surface area (Å²) < 4.78 is 4.81. The topological polar surface area (TPSA) is 48.5 Å². The minimum Gasteiger partial charge on any atom is -0.309 e. The molecule has 0 atom stereocenters. The molecule has 0 N–H and O–H groups in total. The highest BCUT2D eigenvalue weighted by molar-refractivity contribution is 6.88. The number of benzene rings is 8. The van der Waals surface area contributed by atoms with Crippen molar-refractivity contribution in [2.45, 2.75) is 19.6 Å². The number of nitrogens with zero attached hydrogens (tertiary/aromatic N) is 5. The quantitative estimate of drug-likeness (QED) is 0.151. The molecule has 286 valence electrons. The Hall–Kier alpha value is -7.41. The molecule has 0 spiro atoms. The number of hydrogen-bond acceptors (Lipinski definition) is 3. The zero-order chi connectivity index (χ0) is 40.4. The largest absolute Gasteiger partial charge is 0.309 e. The third-order valence-corrected chi connectivity index (χ3v) is 13.8. The van der Waals surface area contributed by atoms with E-state index in [0.717, 1.165) is 33.4 Å². The van der Waals surface area contributed by atoms with E-state index in [2.05, 4.69) is 162 Å². The number of hydrogen-bond donors (Lipinski definition) is 0. The van der Waals surface area contributed by atoms with Gasteiger partial charge in [0.2, 0.25) is 0 Å². The average molecular weight is 788 g/mol. The minimum atomic E-state index is -1.43. The molecule has 3 heterocycles. The van der Waals surface area contributed by atoms with Gasteiger partial charge in [0, 0.05) is 49.6 Å². The minimum absolute atomic E-state index is 0.638. The second-order valence-electron chi connectivity index (χ2n) is 16.6. The van der Waals surface area contributed by atoms with E-state index < -0.39 is 8.07 Å². The first-order valence-corrected chi connectivity index (χ1v) is 24.0. The second-order valence-corrected chi connectivity index (χ2v) is 21.6. The highest BCUT2D eigenvalue weighted by Crippen LogP contribution is 2.38. The summed E-state index contributed by atoms with van der Waals surface area (Å²) in [6.07, 6.45) is 0. The Bertz CT molecular complexity index is 3320. The van der Waals surface area contributed by atoms with E-state index in [9.17, 15) is 0 Å². The van der Waals surface area contributed by atoms with Gasteiger partial charge in [-0.3, -0.25) is 0 Å². The lowest BCUT2D eigenvalue weighted by Crippen LogP contribution is -2.37. The van der Waals surface area contributed by atoms with Crippen LogP contribution in [0.5, 0.6) is 0 Å². The summed E-state index contributed by atoms with van der Waals surface area (Å²) in [6, 6.07) is 69.4. The SMILES string of the molecule is C[Si](C)(C)c1ccc(-n2c3ccccc3c3ccc(-c4ccc5c6ccccc6n(-c6ccc(-c7nc(-c8ccccc8)nc(-c8ccccc8)n7)cc6)c5c4)cc32)cc1. The van der Waals surface area contributed by atoms with Crippen LogP contribution in [0.25, 0.3) is 100 Å². The fraction of sp³-hybridized carbons (Fsp3) is 0.0556. The van der Waals surface area contributed by atoms with Crippen molar-refractivity contribution in [1.82, 2.24) is 24.1 Å². The predicted octanol–water partition coefficient (Wildman–Crippen LogP) is 13.3. The van der Waals surface area contributed by atoms with Gasteiger partial charge >= 0.3 is 0 Å². The summed E-state index contributed by atoms with van der Waals surface area (Å²) in [5.74, 6) is 1.94. The summed E-state index contributed by atoms with van der Waals surface area (Å²) in [7, 11) is -1.43. The Morgan fingerprint density at radius 1 is 0.317 bits per heavy atom. The van der Waals surface area contributed by atoms with Crippen LogP contribution in [0.1, 0.15) is 0 Å². The Morgan fingerprint density at radius 2 is 0.667 bits per heavy atom. The molecular formula is C54H41N5Si. The molecule has 3 aromatic heterocycles. The first kappa shape index (κ1) is 35.7. The summed E-state index contributed by atoms with van der Waals surface area (Å²) >= 11 is 0.